The van der Waals surface area contributed by atoms with E-state index in [9.17, 15) is 4.79 Å². The van der Waals surface area contributed by atoms with Gasteiger partial charge in [-0.1, -0.05) is 60.7 Å². The Bertz CT molecular complexity index is 733. The number of ether oxygens (including phenoxy) is 1. The van der Waals surface area contributed by atoms with E-state index in [2.05, 4.69) is 4.98 Å². The summed E-state index contributed by atoms with van der Waals surface area (Å²) in [6, 6.07) is 19.4. The Morgan fingerprint density at radius 2 is 1.58 bits per heavy atom. The second-order valence-electron chi connectivity index (χ2n) is 5.32. The van der Waals surface area contributed by atoms with Crippen molar-refractivity contribution >= 4 is 18.4 Å². The monoisotopic (exact) mass is 342 g/mol. The van der Waals surface area contributed by atoms with Crippen LogP contribution in [-0.4, -0.2) is 15.5 Å². The van der Waals surface area contributed by atoms with E-state index in [-0.39, 0.29) is 25.0 Å². The number of carbonyl (C=O) groups excluding carboxylic acids is 1. The Labute approximate surface area is 147 Å². The molecule has 24 heavy (non-hydrogen) atoms. The number of halogens is 1. The average molecular weight is 343 g/mol. The quantitative estimate of drug-likeness (QED) is 0.664. The van der Waals surface area contributed by atoms with Crippen LogP contribution >= 0.6 is 12.4 Å². The highest BCUT2D eigenvalue weighted by Crippen LogP contribution is 2.26. The molecule has 0 aliphatic rings. The Balaban J connectivity index is 0.00000208. The van der Waals surface area contributed by atoms with Gasteiger partial charge in [0.15, 0.2) is 0 Å². The molecule has 124 valence electrons. The summed E-state index contributed by atoms with van der Waals surface area (Å²) in [7, 11) is 1.88. The van der Waals surface area contributed by atoms with Crippen LogP contribution in [-0.2, 0) is 23.2 Å². The molecular formula is C19H19ClN2O2. The minimum absolute atomic E-state index is 0. The van der Waals surface area contributed by atoms with Crippen molar-refractivity contribution in [2.75, 3.05) is 0 Å². The molecule has 0 unspecified atom stereocenters. The van der Waals surface area contributed by atoms with Crippen LogP contribution in [0.1, 0.15) is 22.9 Å². The van der Waals surface area contributed by atoms with E-state index in [0.717, 1.165) is 17.0 Å². The van der Waals surface area contributed by atoms with Gasteiger partial charge in [-0.15, -0.1) is 12.4 Å². The third kappa shape index (κ3) is 4.03. The highest BCUT2D eigenvalue weighted by atomic mass is 35.5. The number of nitrogens with zero attached hydrogens (tertiary/aromatic N) is 2. The summed E-state index contributed by atoms with van der Waals surface area (Å²) in [4.78, 5) is 16.9. The number of hydrogen-bond acceptors (Lipinski definition) is 3. The predicted molar refractivity (Wildman–Crippen MR) is 95.0 cm³/mol. The third-order valence-corrected chi connectivity index (χ3v) is 3.77. The lowest BCUT2D eigenvalue weighted by Gasteiger charge is -2.17. The molecule has 0 N–H and O–H groups in total. The molecule has 5 heteroatoms. The van der Waals surface area contributed by atoms with Crippen molar-refractivity contribution in [3.63, 3.8) is 0 Å². The lowest BCUT2D eigenvalue weighted by Crippen LogP contribution is -2.18. The first-order valence-electron chi connectivity index (χ1n) is 7.48. The van der Waals surface area contributed by atoms with Crippen LogP contribution in [0, 0.1) is 0 Å². The Kier molecular flexibility index (Phi) is 6.15. The fraction of sp³-hybridized carbons (Fsp3) is 0.158. The van der Waals surface area contributed by atoms with Crippen LogP contribution in [0.5, 0.6) is 0 Å². The fourth-order valence-corrected chi connectivity index (χ4v) is 2.51. The number of aryl methyl sites for hydroxylation is 1. The molecule has 3 rings (SSSR count). The SMILES string of the molecule is Cl.Cn1ccnc1COC(=O)C(c1ccccc1)c1ccccc1. The number of rotatable bonds is 5. The van der Waals surface area contributed by atoms with Gasteiger partial charge in [0.05, 0.1) is 0 Å². The summed E-state index contributed by atoms with van der Waals surface area (Å²) in [6.07, 6.45) is 3.52. The minimum Gasteiger partial charge on any atom is -0.457 e. The normalized spacial score (nSPS) is 10.2. The molecule has 1 aromatic heterocycles. The largest absolute Gasteiger partial charge is 0.457 e. The van der Waals surface area contributed by atoms with Crippen LogP contribution in [0.3, 0.4) is 0 Å². The maximum absolute atomic E-state index is 12.7. The summed E-state index contributed by atoms with van der Waals surface area (Å²) in [6.45, 7) is 0.165. The van der Waals surface area contributed by atoms with Gasteiger partial charge in [0.1, 0.15) is 18.3 Å². The van der Waals surface area contributed by atoms with Crippen molar-refractivity contribution < 1.29 is 9.53 Å². The smallest absolute Gasteiger partial charge is 0.318 e. The molecule has 4 nitrogen and oxygen atoms in total. The molecule has 3 aromatic rings. The molecule has 0 radical (unpaired) electrons. The van der Waals surface area contributed by atoms with Gasteiger partial charge in [0.25, 0.3) is 0 Å². The van der Waals surface area contributed by atoms with E-state index in [1.165, 1.54) is 0 Å². The van der Waals surface area contributed by atoms with Crippen LogP contribution in [0.15, 0.2) is 73.1 Å². The number of hydrogen-bond donors (Lipinski definition) is 0. The molecule has 0 fully saturated rings. The Hall–Kier alpha value is -2.59. The molecule has 0 bridgehead atoms. The van der Waals surface area contributed by atoms with Crippen LogP contribution in [0.25, 0.3) is 0 Å². The standard InChI is InChI=1S/C19H18N2O2.ClH/c1-21-13-12-20-17(21)14-23-19(22)18(15-8-4-2-5-9-15)16-10-6-3-7-11-16;/h2-13,18H,14H2,1H3;1H. The molecule has 0 amide bonds. The minimum atomic E-state index is -0.433. The number of esters is 1. The summed E-state index contributed by atoms with van der Waals surface area (Å²) < 4.78 is 7.36. The van der Waals surface area contributed by atoms with Gasteiger partial charge in [-0.3, -0.25) is 4.79 Å². The molecular weight excluding hydrogens is 324 g/mol. The van der Waals surface area contributed by atoms with Crippen molar-refractivity contribution in [3.8, 4) is 0 Å². The van der Waals surface area contributed by atoms with Gasteiger partial charge in [-0.25, -0.2) is 4.98 Å². The topological polar surface area (TPSA) is 44.1 Å². The van der Waals surface area contributed by atoms with Gasteiger partial charge < -0.3 is 9.30 Å². The third-order valence-electron chi connectivity index (χ3n) is 3.77. The van der Waals surface area contributed by atoms with E-state index in [4.69, 9.17) is 4.74 Å². The van der Waals surface area contributed by atoms with Gasteiger partial charge in [0, 0.05) is 19.4 Å². The zero-order chi connectivity index (χ0) is 16.1. The summed E-state index contributed by atoms with van der Waals surface area (Å²) in [5, 5.41) is 0. The van der Waals surface area contributed by atoms with E-state index in [1.54, 1.807) is 6.20 Å². The highest BCUT2D eigenvalue weighted by Gasteiger charge is 2.24. The number of aromatic nitrogens is 2. The van der Waals surface area contributed by atoms with E-state index in [0.29, 0.717) is 0 Å². The lowest BCUT2D eigenvalue weighted by atomic mass is 9.91. The van der Waals surface area contributed by atoms with Crippen molar-refractivity contribution in [1.82, 2.24) is 9.55 Å². The zero-order valence-corrected chi connectivity index (χ0v) is 14.1. The van der Waals surface area contributed by atoms with Crippen molar-refractivity contribution in [3.05, 3.63) is 90.0 Å². The molecule has 0 aliphatic heterocycles. The zero-order valence-electron chi connectivity index (χ0n) is 13.3. The Morgan fingerprint density at radius 3 is 2.04 bits per heavy atom. The van der Waals surface area contributed by atoms with Crippen LogP contribution in [0.4, 0.5) is 0 Å². The molecule has 1 heterocycles. The second-order valence-corrected chi connectivity index (χ2v) is 5.32. The fourth-order valence-electron chi connectivity index (χ4n) is 2.51. The number of carbonyl (C=O) groups is 1. The van der Waals surface area contributed by atoms with Crippen molar-refractivity contribution in [1.29, 1.82) is 0 Å². The molecule has 2 aromatic carbocycles. The Morgan fingerprint density at radius 1 is 1.04 bits per heavy atom. The van der Waals surface area contributed by atoms with Gasteiger partial charge in [-0.2, -0.15) is 0 Å². The van der Waals surface area contributed by atoms with E-state index < -0.39 is 5.92 Å². The summed E-state index contributed by atoms with van der Waals surface area (Å²) in [5.41, 5.74) is 1.84. The predicted octanol–water partition coefficient (Wildman–Crippen LogP) is 3.72. The first kappa shape index (κ1) is 17.8. The molecule has 0 saturated carbocycles. The van der Waals surface area contributed by atoms with E-state index >= 15 is 0 Å². The van der Waals surface area contributed by atoms with E-state index in [1.807, 2.05) is 78.5 Å². The molecule has 0 spiro atoms. The second kappa shape index (κ2) is 8.31. The summed E-state index contributed by atoms with van der Waals surface area (Å²) in [5.74, 6) is 0.0151. The maximum Gasteiger partial charge on any atom is 0.318 e. The number of benzene rings is 2. The average Bonchev–Trinajstić information content (AvgIpc) is 3.00. The van der Waals surface area contributed by atoms with Gasteiger partial charge >= 0.3 is 5.97 Å². The summed E-state index contributed by atoms with van der Waals surface area (Å²) >= 11 is 0. The van der Waals surface area contributed by atoms with Gasteiger partial charge in [0.2, 0.25) is 0 Å². The molecule has 0 aliphatic carbocycles. The lowest BCUT2D eigenvalue weighted by molar-refractivity contribution is -0.146. The van der Waals surface area contributed by atoms with Crippen molar-refractivity contribution in [2.45, 2.75) is 12.5 Å². The maximum atomic E-state index is 12.7. The highest BCUT2D eigenvalue weighted by molar-refractivity contribution is 5.85. The number of imidazole rings is 1. The first-order chi connectivity index (χ1) is 11.3. The van der Waals surface area contributed by atoms with Crippen LogP contribution < -0.4 is 0 Å². The molecule has 0 atom stereocenters. The van der Waals surface area contributed by atoms with Gasteiger partial charge in [-0.05, 0) is 11.1 Å². The first-order valence-corrected chi connectivity index (χ1v) is 7.48. The molecule has 0 saturated heterocycles. The van der Waals surface area contributed by atoms with Crippen LogP contribution in [0.2, 0.25) is 0 Å². The van der Waals surface area contributed by atoms with Crippen molar-refractivity contribution in [2.24, 2.45) is 7.05 Å².